The summed E-state index contributed by atoms with van der Waals surface area (Å²) in [6.45, 7) is 2.78. The number of rotatable bonds is 7. The van der Waals surface area contributed by atoms with Gasteiger partial charge in [-0.15, -0.1) is 11.3 Å². The third kappa shape index (κ3) is 6.25. The van der Waals surface area contributed by atoms with Gasteiger partial charge in [-0.2, -0.15) is 0 Å². The van der Waals surface area contributed by atoms with Crippen molar-refractivity contribution in [2.45, 2.75) is 25.8 Å². The molecule has 16 heavy (non-hydrogen) atoms. The van der Waals surface area contributed by atoms with Gasteiger partial charge in [0.05, 0.1) is 5.75 Å². The van der Waals surface area contributed by atoms with Crippen molar-refractivity contribution in [3.63, 3.8) is 0 Å². The third-order valence-corrected chi connectivity index (χ3v) is 4.27. The van der Waals surface area contributed by atoms with Crippen LogP contribution in [0, 0.1) is 0 Å². The SMILES string of the molecule is CC(CS(C)(=O)=O)NCCCc1cccs1. The number of thiophene rings is 1. The standard InChI is InChI=1S/C11H19NO2S2/c1-10(9-16(2,13)14)12-7-3-5-11-6-4-8-15-11/h4,6,8,10,12H,3,5,7,9H2,1-2H3. The molecule has 0 aromatic carbocycles. The molecular weight excluding hydrogens is 242 g/mol. The monoisotopic (exact) mass is 261 g/mol. The molecule has 1 aromatic rings. The van der Waals surface area contributed by atoms with E-state index in [-0.39, 0.29) is 11.8 Å². The zero-order valence-electron chi connectivity index (χ0n) is 9.77. The molecule has 0 aliphatic carbocycles. The molecule has 0 aliphatic rings. The fraction of sp³-hybridized carbons (Fsp3) is 0.636. The van der Waals surface area contributed by atoms with Crippen molar-refractivity contribution < 1.29 is 8.42 Å². The topological polar surface area (TPSA) is 46.2 Å². The van der Waals surface area contributed by atoms with Crippen LogP contribution in [0.15, 0.2) is 17.5 Å². The summed E-state index contributed by atoms with van der Waals surface area (Å²) < 4.78 is 22.0. The maximum Gasteiger partial charge on any atom is 0.148 e. The minimum absolute atomic E-state index is 0.0401. The van der Waals surface area contributed by atoms with Gasteiger partial charge in [-0.25, -0.2) is 8.42 Å². The zero-order valence-corrected chi connectivity index (χ0v) is 11.4. The predicted octanol–water partition coefficient (Wildman–Crippen LogP) is 1.70. The van der Waals surface area contributed by atoms with Gasteiger partial charge in [0.15, 0.2) is 0 Å². The van der Waals surface area contributed by atoms with Gasteiger partial charge in [-0.1, -0.05) is 6.07 Å². The van der Waals surface area contributed by atoms with Gasteiger partial charge < -0.3 is 5.32 Å². The minimum atomic E-state index is -2.86. The second-order valence-corrected chi connectivity index (χ2v) is 7.35. The largest absolute Gasteiger partial charge is 0.313 e. The highest BCUT2D eigenvalue weighted by molar-refractivity contribution is 7.90. The number of hydrogen-bond acceptors (Lipinski definition) is 4. The highest BCUT2D eigenvalue weighted by Crippen LogP contribution is 2.10. The van der Waals surface area contributed by atoms with Gasteiger partial charge in [-0.05, 0) is 37.8 Å². The normalized spacial score (nSPS) is 13.9. The van der Waals surface area contributed by atoms with Crippen LogP contribution in [-0.2, 0) is 16.3 Å². The maximum atomic E-state index is 11.0. The van der Waals surface area contributed by atoms with Crippen LogP contribution in [0.5, 0.6) is 0 Å². The lowest BCUT2D eigenvalue weighted by molar-refractivity contribution is 0.552. The van der Waals surface area contributed by atoms with Crippen molar-refractivity contribution in [1.82, 2.24) is 5.32 Å². The Kier molecular flexibility index (Phi) is 5.44. The molecular formula is C11H19NO2S2. The molecule has 0 amide bonds. The van der Waals surface area contributed by atoms with Crippen LogP contribution in [0.3, 0.4) is 0 Å². The van der Waals surface area contributed by atoms with E-state index >= 15 is 0 Å². The van der Waals surface area contributed by atoms with Crippen molar-refractivity contribution in [3.8, 4) is 0 Å². The van der Waals surface area contributed by atoms with Gasteiger partial charge in [0.25, 0.3) is 0 Å². The first-order valence-corrected chi connectivity index (χ1v) is 8.35. The summed E-state index contributed by atoms with van der Waals surface area (Å²) in [5.74, 6) is 0.214. The van der Waals surface area contributed by atoms with Gasteiger partial charge in [0, 0.05) is 17.2 Å². The molecule has 1 rings (SSSR count). The van der Waals surface area contributed by atoms with Gasteiger partial charge in [-0.3, -0.25) is 0 Å². The molecule has 0 saturated heterocycles. The molecule has 0 spiro atoms. The summed E-state index contributed by atoms with van der Waals surface area (Å²) in [6, 6.07) is 4.22. The molecule has 0 radical (unpaired) electrons. The quantitative estimate of drug-likeness (QED) is 0.760. The molecule has 3 nitrogen and oxygen atoms in total. The summed E-state index contributed by atoms with van der Waals surface area (Å²) in [6.07, 6.45) is 3.39. The summed E-state index contributed by atoms with van der Waals surface area (Å²) in [5, 5.41) is 5.31. The van der Waals surface area contributed by atoms with E-state index in [1.807, 2.05) is 6.92 Å². The predicted molar refractivity (Wildman–Crippen MR) is 69.8 cm³/mol. The van der Waals surface area contributed by atoms with Crippen LogP contribution in [0.4, 0.5) is 0 Å². The first kappa shape index (κ1) is 13.7. The maximum absolute atomic E-state index is 11.0. The van der Waals surface area contributed by atoms with Crippen molar-refractivity contribution in [2.24, 2.45) is 0 Å². The molecule has 0 aliphatic heterocycles. The van der Waals surface area contributed by atoms with E-state index in [0.717, 1.165) is 19.4 Å². The fourth-order valence-corrected chi connectivity index (χ4v) is 3.36. The highest BCUT2D eigenvalue weighted by Gasteiger charge is 2.09. The Balaban J connectivity index is 2.11. The Morgan fingerprint density at radius 1 is 1.50 bits per heavy atom. The minimum Gasteiger partial charge on any atom is -0.313 e. The van der Waals surface area contributed by atoms with Crippen LogP contribution in [-0.4, -0.2) is 33.0 Å². The fourth-order valence-electron chi connectivity index (χ4n) is 1.58. The van der Waals surface area contributed by atoms with E-state index in [1.54, 1.807) is 11.3 Å². The average Bonchev–Trinajstić information content (AvgIpc) is 2.62. The molecule has 5 heteroatoms. The third-order valence-electron chi connectivity index (χ3n) is 2.23. The first-order valence-electron chi connectivity index (χ1n) is 5.41. The Bertz CT molecular complexity index is 384. The van der Waals surface area contributed by atoms with Crippen molar-refractivity contribution in [2.75, 3.05) is 18.6 Å². The van der Waals surface area contributed by atoms with Gasteiger partial charge in [0.2, 0.25) is 0 Å². The van der Waals surface area contributed by atoms with Crippen LogP contribution < -0.4 is 5.32 Å². The van der Waals surface area contributed by atoms with Crippen molar-refractivity contribution >= 4 is 21.2 Å². The Hall–Kier alpha value is -0.390. The second-order valence-electron chi connectivity index (χ2n) is 4.13. The van der Waals surface area contributed by atoms with E-state index in [9.17, 15) is 8.42 Å². The summed E-state index contributed by atoms with van der Waals surface area (Å²) in [4.78, 5) is 1.39. The molecule has 1 unspecified atom stereocenters. The number of sulfone groups is 1. The lowest BCUT2D eigenvalue weighted by Crippen LogP contribution is -2.33. The molecule has 1 atom stereocenters. The zero-order chi connectivity index (χ0) is 12.0. The Morgan fingerprint density at radius 3 is 2.81 bits per heavy atom. The van der Waals surface area contributed by atoms with Gasteiger partial charge in [0.1, 0.15) is 9.84 Å². The van der Waals surface area contributed by atoms with E-state index in [1.165, 1.54) is 11.1 Å². The lowest BCUT2D eigenvalue weighted by atomic mass is 10.2. The summed E-state index contributed by atoms with van der Waals surface area (Å²) >= 11 is 1.77. The smallest absolute Gasteiger partial charge is 0.148 e. The van der Waals surface area contributed by atoms with E-state index in [2.05, 4.69) is 22.8 Å². The Labute approximate surface area is 102 Å². The molecule has 1 heterocycles. The number of nitrogens with one attached hydrogen (secondary N) is 1. The average molecular weight is 261 g/mol. The van der Waals surface area contributed by atoms with E-state index < -0.39 is 9.84 Å². The molecule has 1 aromatic heterocycles. The van der Waals surface area contributed by atoms with Crippen molar-refractivity contribution in [1.29, 1.82) is 0 Å². The van der Waals surface area contributed by atoms with E-state index in [4.69, 9.17) is 0 Å². The highest BCUT2D eigenvalue weighted by atomic mass is 32.2. The van der Waals surface area contributed by atoms with E-state index in [0.29, 0.717) is 0 Å². The second kappa shape index (κ2) is 6.37. The number of aryl methyl sites for hydroxylation is 1. The summed E-state index contributed by atoms with van der Waals surface area (Å²) in [5.41, 5.74) is 0. The van der Waals surface area contributed by atoms with Crippen LogP contribution in [0.25, 0.3) is 0 Å². The summed E-state index contributed by atoms with van der Waals surface area (Å²) in [7, 11) is -2.86. The first-order chi connectivity index (χ1) is 7.47. The van der Waals surface area contributed by atoms with Crippen LogP contribution >= 0.6 is 11.3 Å². The molecule has 0 saturated carbocycles. The lowest BCUT2D eigenvalue weighted by Gasteiger charge is -2.11. The Morgan fingerprint density at radius 2 is 2.25 bits per heavy atom. The molecule has 0 fully saturated rings. The molecule has 0 bridgehead atoms. The molecule has 1 N–H and O–H groups in total. The van der Waals surface area contributed by atoms with Gasteiger partial charge >= 0.3 is 0 Å². The molecule has 92 valence electrons. The number of hydrogen-bond donors (Lipinski definition) is 1. The van der Waals surface area contributed by atoms with Crippen LogP contribution in [0.2, 0.25) is 0 Å². The van der Waals surface area contributed by atoms with Crippen molar-refractivity contribution in [3.05, 3.63) is 22.4 Å². The van der Waals surface area contributed by atoms with Crippen LogP contribution in [0.1, 0.15) is 18.2 Å².